The summed E-state index contributed by atoms with van der Waals surface area (Å²) in [4.78, 5) is 0. The van der Waals surface area contributed by atoms with Crippen LogP contribution in [0.3, 0.4) is 0 Å². The Labute approximate surface area is 261 Å². The average molecular weight is 572 g/mol. The second-order valence-electron chi connectivity index (χ2n) is 12.0. The maximum atomic E-state index is 6.52. The van der Waals surface area contributed by atoms with Gasteiger partial charge in [0.1, 0.15) is 23.0 Å². The van der Waals surface area contributed by atoms with Gasteiger partial charge < -0.3 is 9.47 Å². The number of para-hydroxylation sites is 1. The molecule has 2 heterocycles. The molecular formula is C42H25BO2. The number of rotatable bonds is 2. The molecule has 0 unspecified atom stereocenters. The van der Waals surface area contributed by atoms with Gasteiger partial charge in [-0.25, -0.2) is 0 Å². The van der Waals surface area contributed by atoms with Gasteiger partial charge in [0.15, 0.2) is 0 Å². The third-order valence-corrected chi connectivity index (χ3v) is 9.58. The second-order valence-corrected chi connectivity index (χ2v) is 12.0. The molecule has 0 radical (unpaired) electrons. The van der Waals surface area contributed by atoms with E-state index in [2.05, 4.69) is 127 Å². The van der Waals surface area contributed by atoms with Gasteiger partial charge in [-0.2, -0.15) is 0 Å². The van der Waals surface area contributed by atoms with Crippen molar-refractivity contribution in [1.82, 2.24) is 0 Å². The van der Waals surface area contributed by atoms with E-state index >= 15 is 0 Å². The monoisotopic (exact) mass is 572 g/mol. The Morgan fingerprint density at radius 2 is 0.867 bits per heavy atom. The largest absolute Gasteiger partial charge is 0.458 e. The quantitative estimate of drug-likeness (QED) is 0.152. The van der Waals surface area contributed by atoms with Gasteiger partial charge in [-0.1, -0.05) is 115 Å². The van der Waals surface area contributed by atoms with E-state index < -0.39 is 0 Å². The summed E-state index contributed by atoms with van der Waals surface area (Å²) in [5.74, 6) is 3.53. The van der Waals surface area contributed by atoms with Crippen LogP contribution in [0.4, 0.5) is 0 Å². The molecular weight excluding hydrogens is 547 g/mol. The van der Waals surface area contributed by atoms with E-state index in [0.29, 0.717) is 0 Å². The molecule has 0 saturated carbocycles. The topological polar surface area (TPSA) is 18.5 Å². The highest BCUT2D eigenvalue weighted by Crippen LogP contribution is 2.42. The summed E-state index contributed by atoms with van der Waals surface area (Å²) in [6.07, 6.45) is 0. The lowest BCUT2D eigenvalue weighted by molar-refractivity contribution is 0.464. The van der Waals surface area contributed by atoms with Crippen molar-refractivity contribution in [2.45, 2.75) is 0 Å². The first-order valence-electron chi connectivity index (χ1n) is 15.5. The first kappa shape index (κ1) is 24.6. The molecule has 0 bridgehead atoms. The number of benzene rings is 8. The molecule has 0 amide bonds. The third kappa shape index (κ3) is 3.58. The van der Waals surface area contributed by atoms with Crippen LogP contribution in [0.15, 0.2) is 152 Å². The first-order chi connectivity index (χ1) is 22.3. The van der Waals surface area contributed by atoms with Crippen LogP contribution in [0.1, 0.15) is 0 Å². The van der Waals surface area contributed by atoms with Crippen molar-refractivity contribution >= 4 is 55.4 Å². The highest BCUT2D eigenvalue weighted by molar-refractivity contribution is 6.98. The summed E-state index contributed by atoms with van der Waals surface area (Å²) in [5, 5.41) is 7.55. The van der Waals surface area contributed by atoms with Crippen LogP contribution in [0.5, 0.6) is 23.0 Å². The van der Waals surface area contributed by atoms with E-state index in [4.69, 9.17) is 9.47 Å². The zero-order valence-corrected chi connectivity index (χ0v) is 24.3. The molecule has 0 N–H and O–H groups in total. The van der Waals surface area contributed by atoms with Crippen molar-refractivity contribution in [2.75, 3.05) is 0 Å². The molecule has 2 aliphatic rings. The Kier molecular flexibility index (Phi) is 5.12. The zero-order valence-electron chi connectivity index (χ0n) is 24.3. The number of fused-ring (bicyclic) bond motifs is 9. The van der Waals surface area contributed by atoms with Gasteiger partial charge in [0.2, 0.25) is 0 Å². The lowest BCUT2D eigenvalue weighted by Gasteiger charge is -2.33. The van der Waals surface area contributed by atoms with E-state index in [1.54, 1.807) is 0 Å². The molecule has 10 rings (SSSR count). The standard InChI is InChI=1S/C42H25BO2/c1-2-11-26(12-3-1)32-24-34-31-16-7-5-14-29(31)33(25-35(34)30-15-6-4-13-28(30)32)27-21-22-39-37(23-27)43-36-17-8-9-18-38(36)44-40-19-10-20-41(45-39)42(40)43/h1-25H. The molecule has 45 heavy (non-hydrogen) atoms. The van der Waals surface area contributed by atoms with Crippen LogP contribution in [0.2, 0.25) is 0 Å². The lowest BCUT2D eigenvalue weighted by atomic mass is 9.35. The maximum absolute atomic E-state index is 6.52. The molecule has 0 aromatic heterocycles. The minimum atomic E-state index is 0.0332. The zero-order chi connectivity index (χ0) is 29.5. The van der Waals surface area contributed by atoms with Gasteiger partial charge in [0, 0.05) is 5.46 Å². The smallest absolute Gasteiger partial charge is 0.260 e. The van der Waals surface area contributed by atoms with E-state index in [9.17, 15) is 0 Å². The SMILES string of the molecule is c1ccc(-c2cc3c4ccccc4c(-c4ccc5c(c4)B4c6ccccc6Oc6cccc(c64)O5)cc3c3ccccc23)cc1. The fraction of sp³-hybridized carbons (Fsp3) is 0. The predicted molar refractivity (Wildman–Crippen MR) is 188 cm³/mol. The fourth-order valence-corrected chi connectivity index (χ4v) is 7.59. The normalized spacial score (nSPS) is 12.8. The van der Waals surface area contributed by atoms with Crippen molar-refractivity contribution in [1.29, 1.82) is 0 Å². The predicted octanol–water partition coefficient (Wildman–Crippen LogP) is 9.21. The van der Waals surface area contributed by atoms with E-state index in [0.717, 1.165) is 33.9 Å². The van der Waals surface area contributed by atoms with Crippen LogP contribution in [0.25, 0.3) is 54.6 Å². The van der Waals surface area contributed by atoms with Crippen LogP contribution in [-0.4, -0.2) is 6.71 Å². The summed E-state index contributed by atoms with van der Waals surface area (Å²) in [7, 11) is 0. The van der Waals surface area contributed by atoms with Crippen molar-refractivity contribution in [3.63, 3.8) is 0 Å². The van der Waals surface area contributed by atoms with Crippen LogP contribution in [-0.2, 0) is 0 Å². The first-order valence-corrected chi connectivity index (χ1v) is 15.5. The molecule has 2 nitrogen and oxygen atoms in total. The van der Waals surface area contributed by atoms with Gasteiger partial charge in [-0.05, 0) is 102 Å². The molecule has 0 saturated heterocycles. The molecule has 0 spiro atoms. The molecule has 0 atom stereocenters. The summed E-state index contributed by atoms with van der Waals surface area (Å²) in [6.45, 7) is 0.0332. The van der Waals surface area contributed by atoms with E-state index in [1.807, 2.05) is 24.3 Å². The van der Waals surface area contributed by atoms with Gasteiger partial charge in [-0.3, -0.25) is 0 Å². The van der Waals surface area contributed by atoms with E-state index in [1.165, 1.54) is 60.0 Å². The summed E-state index contributed by atoms with van der Waals surface area (Å²) < 4.78 is 12.9. The Morgan fingerprint density at radius 3 is 1.56 bits per heavy atom. The highest BCUT2D eigenvalue weighted by atomic mass is 16.5. The van der Waals surface area contributed by atoms with Crippen LogP contribution >= 0.6 is 0 Å². The Balaban J connectivity index is 1.25. The molecule has 2 aliphatic heterocycles. The molecule has 208 valence electrons. The van der Waals surface area contributed by atoms with Crippen LogP contribution in [0, 0.1) is 0 Å². The van der Waals surface area contributed by atoms with E-state index in [-0.39, 0.29) is 6.71 Å². The molecule has 0 fully saturated rings. The van der Waals surface area contributed by atoms with Crippen molar-refractivity contribution in [3.8, 4) is 45.3 Å². The highest BCUT2D eigenvalue weighted by Gasteiger charge is 2.39. The van der Waals surface area contributed by atoms with Crippen molar-refractivity contribution < 1.29 is 9.47 Å². The fourth-order valence-electron chi connectivity index (χ4n) is 7.59. The lowest BCUT2D eigenvalue weighted by Crippen LogP contribution is -2.57. The van der Waals surface area contributed by atoms with Gasteiger partial charge >= 0.3 is 0 Å². The van der Waals surface area contributed by atoms with Crippen LogP contribution < -0.4 is 25.9 Å². The van der Waals surface area contributed by atoms with Crippen molar-refractivity contribution in [2.24, 2.45) is 0 Å². The number of ether oxygens (including phenoxy) is 2. The molecule has 0 aliphatic carbocycles. The van der Waals surface area contributed by atoms with Gasteiger partial charge in [-0.15, -0.1) is 0 Å². The van der Waals surface area contributed by atoms with Crippen molar-refractivity contribution in [3.05, 3.63) is 152 Å². The molecule has 3 heteroatoms. The second kappa shape index (κ2) is 9.35. The average Bonchev–Trinajstić information content (AvgIpc) is 3.11. The number of hydrogen-bond donors (Lipinski definition) is 0. The Morgan fingerprint density at radius 1 is 0.333 bits per heavy atom. The minimum absolute atomic E-state index is 0.0332. The summed E-state index contributed by atoms with van der Waals surface area (Å²) in [6, 6.07) is 54.3. The molecule has 8 aromatic carbocycles. The summed E-state index contributed by atoms with van der Waals surface area (Å²) >= 11 is 0. The van der Waals surface area contributed by atoms with Gasteiger partial charge in [0.25, 0.3) is 6.71 Å². The maximum Gasteiger partial charge on any atom is 0.260 e. The Bertz CT molecular complexity index is 2480. The third-order valence-electron chi connectivity index (χ3n) is 9.58. The number of hydrogen-bond acceptors (Lipinski definition) is 2. The Hall–Kier alpha value is -5.80. The summed E-state index contributed by atoms with van der Waals surface area (Å²) in [5.41, 5.74) is 8.32. The van der Waals surface area contributed by atoms with Gasteiger partial charge in [0.05, 0.1) is 0 Å². The minimum Gasteiger partial charge on any atom is -0.458 e. The molecule has 8 aromatic rings.